The van der Waals surface area contributed by atoms with Crippen LogP contribution in [0.25, 0.3) is 0 Å². The van der Waals surface area contributed by atoms with Gasteiger partial charge >= 0.3 is 0 Å². The van der Waals surface area contributed by atoms with Crippen molar-refractivity contribution in [2.45, 2.75) is 42.5 Å². The number of nitrogens with zero attached hydrogens (tertiary/aromatic N) is 1. The van der Waals surface area contributed by atoms with Gasteiger partial charge in [0, 0.05) is 18.2 Å². The van der Waals surface area contributed by atoms with Gasteiger partial charge in [-0.1, -0.05) is 25.3 Å². The summed E-state index contributed by atoms with van der Waals surface area (Å²) >= 11 is 0. The molecule has 1 aromatic rings. The minimum Gasteiger partial charge on any atom is -0.324 e. The second kappa shape index (κ2) is 6.27. The van der Waals surface area contributed by atoms with E-state index in [1.165, 1.54) is 0 Å². The monoisotopic (exact) mass is 331 g/mol. The number of halogens is 1. The Morgan fingerprint density at radius 3 is 2.55 bits per heavy atom. The second-order valence-electron chi connectivity index (χ2n) is 5.59. The summed E-state index contributed by atoms with van der Waals surface area (Å²) in [6, 6.07) is 2.93. The molecule has 0 amide bonds. The molecule has 0 radical (unpaired) electrons. The molecule has 0 heterocycles. The van der Waals surface area contributed by atoms with E-state index in [0.29, 0.717) is 12.8 Å². The van der Waals surface area contributed by atoms with Crippen molar-refractivity contribution < 1.29 is 17.7 Å². The number of sulfonamides is 1. The van der Waals surface area contributed by atoms with Crippen LogP contribution < -0.4 is 10.5 Å². The van der Waals surface area contributed by atoms with Crippen LogP contribution in [0.3, 0.4) is 0 Å². The molecule has 122 valence electrons. The standard InChI is InChI=1S/C13H18FN3O4S/c14-10-5-4-6-11(17(18)19)12(10)22(20,21)16-9-13(15)7-2-1-3-8-13/h4-6,16H,1-3,7-9,15H2. The number of hydrogen-bond donors (Lipinski definition) is 2. The van der Waals surface area contributed by atoms with Gasteiger partial charge in [-0.25, -0.2) is 17.5 Å². The first-order valence-corrected chi connectivity index (χ1v) is 8.45. The Hall–Kier alpha value is -1.58. The van der Waals surface area contributed by atoms with Crippen molar-refractivity contribution >= 4 is 15.7 Å². The van der Waals surface area contributed by atoms with E-state index in [0.717, 1.165) is 37.5 Å². The number of nitro groups is 1. The summed E-state index contributed by atoms with van der Waals surface area (Å²) in [6.07, 6.45) is 4.17. The van der Waals surface area contributed by atoms with E-state index in [9.17, 15) is 22.9 Å². The van der Waals surface area contributed by atoms with Gasteiger partial charge < -0.3 is 5.73 Å². The van der Waals surface area contributed by atoms with Gasteiger partial charge in [0.25, 0.3) is 5.69 Å². The molecule has 1 fully saturated rings. The van der Waals surface area contributed by atoms with Crippen molar-refractivity contribution in [2.24, 2.45) is 5.73 Å². The molecule has 1 aromatic carbocycles. The summed E-state index contributed by atoms with van der Waals surface area (Å²) < 4.78 is 40.5. The molecule has 3 N–H and O–H groups in total. The number of nitro benzene ring substituents is 1. The fourth-order valence-corrected chi connectivity index (χ4v) is 4.02. The molecule has 1 saturated carbocycles. The van der Waals surface area contributed by atoms with Crippen LogP contribution in [-0.4, -0.2) is 25.4 Å². The molecule has 0 spiro atoms. The summed E-state index contributed by atoms with van der Waals surface area (Å²) in [5, 5.41) is 10.9. The van der Waals surface area contributed by atoms with E-state index in [4.69, 9.17) is 5.73 Å². The predicted molar refractivity (Wildman–Crippen MR) is 78.2 cm³/mol. The molecule has 0 saturated heterocycles. The van der Waals surface area contributed by atoms with E-state index in [1.807, 2.05) is 0 Å². The zero-order valence-corrected chi connectivity index (χ0v) is 12.7. The Labute approximate surface area is 127 Å². The highest BCUT2D eigenvalue weighted by molar-refractivity contribution is 7.89. The lowest BCUT2D eigenvalue weighted by Gasteiger charge is -2.33. The maximum atomic E-state index is 13.8. The lowest BCUT2D eigenvalue weighted by Crippen LogP contribution is -2.51. The van der Waals surface area contributed by atoms with Crippen LogP contribution in [0.15, 0.2) is 23.1 Å². The van der Waals surface area contributed by atoms with Gasteiger partial charge in [-0.2, -0.15) is 0 Å². The third-order valence-electron chi connectivity index (χ3n) is 3.88. The smallest absolute Gasteiger partial charge is 0.292 e. The van der Waals surface area contributed by atoms with Gasteiger partial charge in [-0.3, -0.25) is 10.1 Å². The molecule has 0 aliphatic heterocycles. The summed E-state index contributed by atoms with van der Waals surface area (Å²) in [5.41, 5.74) is 4.65. The van der Waals surface area contributed by atoms with E-state index >= 15 is 0 Å². The number of rotatable bonds is 5. The molecule has 0 unspecified atom stereocenters. The van der Waals surface area contributed by atoms with Gasteiger partial charge in [0.2, 0.25) is 10.0 Å². The van der Waals surface area contributed by atoms with E-state index in [2.05, 4.69) is 4.72 Å². The van der Waals surface area contributed by atoms with Crippen LogP contribution in [0.5, 0.6) is 0 Å². The summed E-state index contributed by atoms with van der Waals surface area (Å²) in [7, 11) is -4.35. The zero-order valence-electron chi connectivity index (χ0n) is 11.9. The normalized spacial score (nSPS) is 18.1. The average Bonchev–Trinajstić information content (AvgIpc) is 2.46. The van der Waals surface area contributed by atoms with Gasteiger partial charge in [0.05, 0.1) is 4.92 Å². The van der Waals surface area contributed by atoms with Crippen LogP contribution in [0.4, 0.5) is 10.1 Å². The van der Waals surface area contributed by atoms with Gasteiger partial charge in [-0.15, -0.1) is 0 Å². The third kappa shape index (κ3) is 3.60. The Balaban J connectivity index is 2.26. The molecule has 7 nitrogen and oxygen atoms in total. The highest BCUT2D eigenvalue weighted by atomic mass is 32.2. The lowest BCUT2D eigenvalue weighted by molar-refractivity contribution is -0.388. The molecule has 1 aliphatic carbocycles. The fourth-order valence-electron chi connectivity index (χ4n) is 2.65. The predicted octanol–water partition coefficient (Wildman–Crippen LogP) is 1.67. The first-order chi connectivity index (χ1) is 10.3. The molecule has 0 aromatic heterocycles. The number of nitrogens with two attached hydrogens (primary N) is 1. The van der Waals surface area contributed by atoms with Crippen LogP contribution in [0, 0.1) is 15.9 Å². The Bertz CT molecular complexity index is 672. The molecule has 0 atom stereocenters. The van der Waals surface area contributed by atoms with E-state index < -0.39 is 36.9 Å². The SMILES string of the molecule is NC1(CNS(=O)(=O)c2c(F)cccc2[N+](=O)[O-])CCCCC1. The molecule has 1 aliphatic rings. The maximum absolute atomic E-state index is 13.8. The van der Waals surface area contributed by atoms with Gasteiger partial charge in [-0.05, 0) is 18.9 Å². The first kappa shape index (κ1) is 16.8. The van der Waals surface area contributed by atoms with Gasteiger partial charge in [0.15, 0.2) is 4.90 Å². The lowest BCUT2D eigenvalue weighted by atomic mass is 9.83. The Kier molecular flexibility index (Phi) is 4.78. The Morgan fingerprint density at radius 1 is 1.32 bits per heavy atom. The quantitative estimate of drug-likeness (QED) is 0.629. The third-order valence-corrected chi connectivity index (χ3v) is 5.34. The van der Waals surface area contributed by atoms with Gasteiger partial charge in [0.1, 0.15) is 5.82 Å². The van der Waals surface area contributed by atoms with Crippen molar-refractivity contribution in [3.8, 4) is 0 Å². The largest absolute Gasteiger partial charge is 0.324 e. The zero-order chi connectivity index (χ0) is 16.4. The number of nitrogens with one attached hydrogen (secondary N) is 1. The minimum absolute atomic E-state index is 0.0686. The van der Waals surface area contributed by atoms with Crippen LogP contribution in [0.2, 0.25) is 0 Å². The molecular formula is C13H18FN3O4S. The maximum Gasteiger partial charge on any atom is 0.292 e. The topological polar surface area (TPSA) is 115 Å². The molecule has 22 heavy (non-hydrogen) atoms. The highest BCUT2D eigenvalue weighted by Gasteiger charge is 2.33. The summed E-state index contributed by atoms with van der Waals surface area (Å²) in [4.78, 5) is 9.05. The van der Waals surface area contributed by atoms with Crippen LogP contribution in [-0.2, 0) is 10.0 Å². The van der Waals surface area contributed by atoms with Crippen molar-refractivity contribution in [3.05, 3.63) is 34.1 Å². The molecular weight excluding hydrogens is 313 g/mol. The summed E-state index contributed by atoms with van der Waals surface area (Å²) in [5.74, 6) is -1.16. The number of benzene rings is 1. The minimum atomic E-state index is -4.35. The van der Waals surface area contributed by atoms with Crippen molar-refractivity contribution in [3.63, 3.8) is 0 Å². The highest BCUT2D eigenvalue weighted by Crippen LogP contribution is 2.28. The first-order valence-electron chi connectivity index (χ1n) is 6.97. The second-order valence-corrected chi connectivity index (χ2v) is 7.30. The van der Waals surface area contributed by atoms with Crippen molar-refractivity contribution in [1.29, 1.82) is 0 Å². The van der Waals surface area contributed by atoms with Crippen molar-refractivity contribution in [2.75, 3.05) is 6.54 Å². The average molecular weight is 331 g/mol. The van der Waals surface area contributed by atoms with E-state index in [1.54, 1.807) is 0 Å². The van der Waals surface area contributed by atoms with E-state index in [-0.39, 0.29) is 6.54 Å². The Morgan fingerprint density at radius 2 is 1.95 bits per heavy atom. The van der Waals surface area contributed by atoms with Crippen LogP contribution >= 0.6 is 0 Å². The fraction of sp³-hybridized carbons (Fsp3) is 0.538. The molecule has 9 heteroatoms. The van der Waals surface area contributed by atoms with Crippen molar-refractivity contribution in [1.82, 2.24) is 4.72 Å². The number of hydrogen-bond acceptors (Lipinski definition) is 5. The molecule has 2 rings (SSSR count). The summed E-state index contributed by atoms with van der Waals surface area (Å²) in [6.45, 7) is -0.0686. The van der Waals surface area contributed by atoms with Crippen LogP contribution in [0.1, 0.15) is 32.1 Å². The molecule has 0 bridgehead atoms.